The predicted octanol–water partition coefficient (Wildman–Crippen LogP) is 3.57. The van der Waals surface area contributed by atoms with Gasteiger partial charge in [0.2, 0.25) is 11.8 Å². The Labute approximate surface area is 177 Å². The van der Waals surface area contributed by atoms with Gasteiger partial charge in [0.1, 0.15) is 6.04 Å². The number of likely N-dealkylation sites (tertiary alicyclic amines) is 1. The molecule has 0 spiro atoms. The van der Waals surface area contributed by atoms with E-state index in [2.05, 4.69) is 10.3 Å². The van der Waals surface area contributed by atoms with Crippen LogP contribution in [0.2, 0.25) is 0 Å². The molecule has 1 N–H and O–H groups in total. The van der Waals surface area contributed by atoms with Crippen LogP contribution in [0.3, 0.4) is 0 Å². The third-order valence-corrected chi connectivity index (χ3v) is 6.23. The van der Waals surface area contributed by atoms with Crippen LogP contribution in [0.15, 0.2) is 48.7 Å². The highest BCUT2D eigenvalue weighted by molar-refractivity contribution is 5.98. The second-order valence-corrected chi connectivity index (χ2v) is 8.06. The van der Waals surface area contributed by atoms with Crippen LogP contribution in [0, 0.1) is 5.92 Å². The molecule has 2 amide bonds. The molecular formula is C24H29N3O3. The highest BCUT2D eigenvalue weighted by Gasteiger charge is 2.47. The first-order valence-electron chi connectivity index (χ1n) is 10.9. The van der Waals surface area contributed by atoms with Gasteiger partial charge in [0, 0.05) is 29.9 Å². The topological polar surface area (TPSA) is 71.5 Å². The summed E-state index contributed by atoms with van der Waals surface area (Å²) >= 11 is 0. The molecule has 2 fully saturated rings. The zero-order chi connectivity index (χ0) is 20.9. The molecule has 0 radical (unpaired) electrons. The van der Waals surface area contributed by atoms with Crippen molar-refractivity contribution in [2.75, 3.05) is 6.61 Å². The third-order valence-electron chi connectivity index (χ3n) is 6.23. The van der Waals surface area contributed by atoms with Crippen LogP contribution in [-0.2, 0) is 11.3 Å². The van der Waals surface area contributed by atoms with E-state index in [1.807, 2.05) is 54.3 Å². The minimum Gasteiger partial charge on any atom is -0.478 e. The smallest absolute Gasteiger partial charge is 0.254 e. The Kier molecular flexibility index (Phi) is 6.31. The first-order valence-corrected chi connectivity index (χ1v) is 10.9. The molecule has 6 nitrogen and oxygen atoms in total. The Hall–Kier alpha value is -2.89. The molecule has 1 aromatic carbocycles. The molecule has 30 heavy (non-hydrogen) atoms. The number of rotatable bonds is 6. The van der Waals surface area contributed by atoms with Gasteiger partial charge >= 0.3 is 0 Å². The van der Waals surface area contributed by atoms with Gasteiger partial charge in [-0.15, -0.1) is 0 Å². The number of nitrogens with zero attached hydrogens (tertiary/aromatic N) is 2. The van der Waals surface area contributed by atoms with Crippen LogP contribution < -0.4 is 10.1 Å². The van der Waals surface area contributed by atoms with Gasteiger partial charge in [-0.2, -0.15) is 0 Å². The number of pyridine rings is 1. The molecule has 0 bridgehead atoms. The number of benzene rings is 1. The van der Waals surface area contributed by atoms with Gasteiger partial charge in [-0.3, -0.25) is 9.59 Å². The van der Waals surface area contributed by atoms with Crippen LogP contribution in [-0.4, -0.2) is 40.4 Å². The zero-order valence-corrected chi connectivity index (χ0v) is 17.4. The van der Waals surface area contributed by atoms with E-state index in [1.54, 1.807) is 6.20 Å². The van der Waals surface area contributed by atoms with Crippen molar-refractivity contribution in [3.63, 3.8) is 0 Å². The summed E-state index contributed by atoms with van der Waals surface area (Å²) in [7, 11) is 0. The van der Waals surface area contributed by atoms with Crippen molar-refractivity contribution in [3.8, 4) is 5.88 Å². The summed E-state index contributed by atoms with van der Waals surface area (Å²) in [4.78, 5) is 32.7. The number of carbonyl (C=O) groups excluding carboxylic acids is 2. The summed E-state index contributed by atoms with van der Waals surface area (Å²) in [6.07, 6.45) is 6.77. The molecule has 158 valence electrons. The SMILES string of the molecule is CCOc1ncccc1CNC(=O)C1CC2CCCCC2N1C(=O)c1ccccc1. The summed E-state index contributed by atoms with van der Waals surface area (Å²) in [6.45, 7) is 2.76. The summed E-state index contributed by atoms with van der Waals surface area (Å²) in [5.74, 6) is 0.804. The van der Waals surface area contributed by atoms with Crippen LogP contribution in [0.4, 0.5) is 0 Å². The van der Waals surface area contributed by atoms with E-state index in [0.717, 1.165) is 31.2 Å². The first-order chi connectivity index (χ1) is 14.7. The Morgan fingerprint density at radius 2 is 1.93 bits per heavy atom. The number of nitrogens with one attached hydrogen (secondary N) is 1. The molecule has 3 atom stereocenters. The lowest BCUT2D eigenvalue weighted by atomic mass is 9.84. The Bertz CT molecular complexity index is 886. The van der Waals surface area contributed by atoms with Crippen molar-refractivity contribution in [1.82, 2.24) is 15.2 Å². The van der Waals surface area contributed by atoms with Crippen LogP contribution in [0.1, 0.15) is 54.9 Å². The molecule has 1 aliphatic heterocycles. The van der Waals surface area contributed by atoms with Gasteiger partial charge in [-0.25, -0.2) is 4.98 Å². The molecular weight excluding hydrogens is 378 g/mol. The number of amides is 2. The Morgan fingerprint density at radius 1 is 1.13 bits per heavy atom. The molecule has 1 aromatic heterocycles. The van der Waals surface area contributed by atoms with Crippen molar-refractivity contribution in [2.45, 2.75) is 57.7 Å². The van der Waals surface area contributed by atoms with E-state index in [9.17, 15) is 9.59 Å². The second-order valence-electron chi connectivity index (χ2n) is 8.06. The van der Waals surface area contributed by atoms with E-state index >= 15 is 0 Å². The lowest BCUT2D eigenvalue weighted by Crippen LogP contribution is -2.49. The molecule has 1 aliphatic carbocycles. The standard InChI is InChI=1S/C24H29N3O3/c1-2-30-23-19(12-8-14-25-23)16-26-22(28)21-15-18-11-6-7-13-20(18)27(21)24(29)17-9-4-3-5-10-17/h3-5,8-10,12,14,18,20-21H,2,6-7,11,13,15-16H2,1H3,(H,26,28). The summed E-state index contributed by atoms with van der Waals surface area (Å²) in [6, 6.07) is 12.8. The molecule has 2 aliphatic rings. The van der Waals surface area contributed by atoms with Gasteiger partial charge in [0.25, 0.3) is 5.91 Å². The van der Waals surface area contributed by atoms with Crippen LogP contribution in [0.25, 0.3) is 0 Å². The van der Waals surface area contributed by atoms with E-state index in [-0.39, 0.29) is 17.9 Å². The minimum absolute atomic E-state index is 0.0402. The van der Waals surface area contributed by atoms with Crippen LogP contribution in [0.5, 0.6) is 5.88 Å². The van der Waals surface area contributed by atoms with Crippen molar-refractivity contribution in [2.24, 2.45) is 5.92 Å². The van der Waals surface area contributed by atoms with Gasteiger partial charge in [0.05, 0.1) is 6.61 Å². The fourth-order valence-electron chi connectivity index (χ4n) is 4.84. The summed E-state index contributed by atoms with van der Waals surface area (Å²) in [5, 5.41) is 3.03. The maximum atomic E-state index is 13.3. The lowest BCUT2D eigenvalue weighted by molar-refractivity contribution is -0.125. The minimum atomic E-state index is -0.432. The van der Waals surface area contributed by atoms with E-state index in [0.29, 0.717) is 30.5 Å². The molecule has 6 heteroatoms. The maximum absolute atomic E-state index is 13.3. The zero-order valence-electron chi connectivity index (χ0n) is 17.4. The van der Waals surface area contributed by atoms with Crippen molar-refractivity contribution in [3.05, 3.63) is 59.8 Å². The van der Waals surface area contributed by atoms with Gasteiger partial charge in [-0.05, 0) is 50.3 Å². The van der Waals surface area contributed by atoms with Gasteiger partial charge in [-0.1, -0.05) is 37.1 Å². The number of fused-ring (bicyclic) bond motifs is 1. The van der Waals surface area contributed by atoms with Crippen molar-refractivity contribution < 1.29 is 14.3 Å². The molecule has 2 heterocycles. The maximum Gasteiger partial charge on any atom is 0.254 e. The average Bonchev–Trinajstić information content (AvgIpc) is 3.18. The molecule has 3 unspecified atom stereocenters. The highest BCUT2D eigenvalue weighted by atomic mass is 16.5. The summed E-state index contributed by atoms with van der Waals surface area (Å²) in [5.41, 5.74) is 1.48. The number of hydrogen-bond acceptors (Lipinski definition) is 4. The van der Waals surface area contributed by atoms with Crippen molar-refractivity contribution >= 4 is 11.8 Å². The van der Waals surface area contributed by atoms with Gasteiger partial charge in [0.15, 0.2) is 0 Å². The largest absolute Gasteiger partial charge is 0.478 e. The Morgan fingerprint density at radius 3 is 2.73 bits per heavy atom. The quantitative estimate of drug-likeness (QED) is 0.795. The highest BCUT2D eigenvalue weighted by Crippen LogP contribution is 2.40. The lowest BCUT2D eigenvalue weighted by Gasteiger charge is -2.33. The molecule has 1 saturated carbocycles. The normalized spacial score (nSPS) is 23.0. The molecule has 1 saturated heterocycles. The third kappa shape index (κ3) is 4.18. The summed E-state index contributed by atoms with van der Waals surface area (Å²) < 4.78 is 5.56. The Balaban J connectivity index is 1.52. The first kappa shape index (κ1) is 20.4. The van der Waals surface area contributed by atoms with E-state index in [1.165, 1.54) is 6.42 Å². The predicted molar refractivity (Wildman–Crippen MR) is 114 cm³/mol. The number of carbonyl (C=O) groups is 2. The fraction of sp³-hybridized carbons (Fsp3) is 0.458. The van der Waals surface area contributed by atoms with E-state index in [4.69, 9.17) is 4.74 Å². The van der Waals surface area contributed by atoms with Crippen molar-refractivity contribution in [1.29, 1.82) is 0 Å². The molecule has 4 rings (SSSR count). The number of hydrogen-bond donors (Lipinski definition) is 1. The van der Waals surface area contributed by atoms with Crippen LogP contribution >= 0.6 is 0 Å². The fourth-order valence-corrected chi connectivity index (χ4v) is 4.84. The second kappa shape index (κ2) is 9.28. The number of ether oxygens (including phenoxy) is 1. The average molecular weight is 408 g/mol. The monoisotopic (exact) mass is 407 g/mol. The number of aromatic nitrogens is 1. The van der Waals surface area contributed by atoms with E-state index < -0.39 is 6.04 Å². The van der Waals surface area contributed by atoms with Gasteiger partial charge < -0.3 is 15.0 Å². The molecule has 2 aromatic rings.